The lowest BCUT2D eigenvalue weighted by atomic mass is 10.2. The average molecular weight is 288 g/mol. The molecular weight excluding hydrogens is 268 g/mol. The van der Waals surface area contributed by atoms with Gasteiger partial charge in [-0.1, -0.05) is 13.8 Å². The number of anilines is 2. The summed E-state index contributed by atoms with van der Waals surface area (Å²) in [6.07, 6.45) is 0. The molecule has 108 valence electrons. The highest BCUT2D eigenvalue weighted by molar-refractivity contribution is 7.89. The predicted molar refractivity (Wildman–Crippen MR) is 75.4 cm³/mol. The Labute approximate surface area is 113 Å². The van der Waals surface area contributed by atoms with Crippen molar-refractivity contribution in [2.45, 2.75) is 13.8 Å². The standard InChI is InChI=1S/C11H20N4O3S/c1-8(2)7-18-11-9(12)3-4-10(15-11)14-5-6-19(13,16)17/h3-4,8H,5-7,12H2,1-2H3,(H,14,15)(H2,13,16,17). The molecule has 8 heteroatoms. The first-order valence-corrected chi connectivity index (χ1v) is 7.63. The Balaban J connectivity index is 2.62. The number of nitrogens with one attached hydrogen (secondary N) is 1. The molecular formula is C11H20N4O3S. The number of nitrogen functional groups attached to an aromatic ring is 1. The number of sulfonamides is 1. The van der Waals surface area contributed by atoms with Crippen LogP contribution in [0, 0.1) is 5.92 Å². The van der Waals surface area contributed by atoms with E-state index in [9.17, 15) is 8.42 Å². The summed E-state index contributed by atoms with van der Waals surface area (Å²) >= 11 is 0. The van der Waals surface area contributed by atoms with Crippen molar-refractivity contribution in [1.82, 2.24) is 4.98 Å². The van der Waals surface area contributed by atoms with Crippen LogP contribution in [-0.2, 0) is 10.0 Å². The molecule has 1 heterocycles. The van der Waals surface area contributed by atoms with Gasteiger partial charge in [-0.05, 0) is 18.1 Å². The molecule has 0 aliphatic heterocycles. The van der Waals surface area contributed by atoms with Gasteiger partial charge in [-0.25, -0.2) is 13.6 Å². The molecule has 0 saturated heterocycles. The number of pyridine rings is 1. The molecule has 5 N–H and O–H groups in total. The van der Waals surface area contributed by atoms with Gasteiger partial charge in [0.1, 0.15) is 5.82 Å². The highest BCUT2D eigenvalue weighted by atomic mass is 32.2. The molecule has 1 aromatic rings. The fourth-order valence-electron chi connectivity index (χ4n) is 1.23. The van der Waals surface area contributed by atoms with Crippen molar-refractivity contribution >= 4 is 21.5 Å². The van der Waals surface area contributed by atoms with Crippen molar-refractivity contribution in [1.29, 1.82) is 0 Å². The molecule has 0 bridgehead atoms. The van der Waals surface area contributed by atoms with E-state index in [0.29, 0.717) is 29.9 Å². The van der Waals surface area contributed by atoms with Crippen molar-refractivity contribution in [2.24, 2.45) is 11.1 Å². The van der Waals surface area contributed by atoms with Gasteiger partial charge >= 0.3 is 0 Å². The van der Waals surface area contributed by atoms with Crippen LogP contribution in [-0.4, -0.2) is 32.3 Å². The van der Waals surface area contributed by atoms with Crippen molar-refractivity contribution in [3.8, 4) is 5.88 Å². The van der Waals surface area contributed by atoms with Crippen LogP contribution in [0.3, 0.4) is 0 Å². The fourth-order valence-corrected chi connectivity index (χ4v) is 1.62. The summed E-state index contributed by atoms with van der Waals surface area (Å²) in [5, 5.41) is 7.75. The lowest BCUT2D eigenvalue weighted by Crippen LogP contribution is -2.22. The van der Waals surface area contributed by atoms with E-state index in [1.165, 1.54) is 0 Å². The summed E-state index contributed by atoms with van der Waals surface area (Å²) in [7, 11) is -3.48. The van der Waals surface area contributed by atoms with E-state index < -0.39 is 10.0 Å². The van der Waals surface area contributed by atoms with Crippen molar-refractivity contribution in [3.05, 3.63) is 12.1 Å². The minimum Gasteiger partial charge on any atom is -0.476 e. The van der Waals surface area contributed by atoms with Crippen molar-refractivity contribution < 1.29 is 13.2 Å². The summed E-state index contributed by atoms with van der Waals surface area (Å²) in [6.45, 7) is 4.73. The summed E-state index contributed by atoms with van der Waals surface area (Å²) in [5.41, 5.74) is 6.18. The van der Waals surface area contributed by atoms with Gasteiger partial charge in [-0.3, -0.25) is 0 Å². The average Bonchev–Trinajstić information content (AvgIpc) is 2.27. The first-order valence-electron chi connectivity index (χ1n) is 5.91. The number of ether oxygens (including phenoxy) is 1. The Bertz CT molecular complexity index is 517. The van der Waals surface area contributed by atoms with Gasteiger partial charge in [0, 0.05) is 6.54 Å². The van der Waals surface area contributed by atoms with E-state index in [1.807, 2.05) is 13.8 Å². The summed E-state index contributed by atoms with van der Waals surface area (Å²) in [6, 6.07) is 3.31. The van der Waals surface area contributed by atoms with E-state index in [4.69, 9.17) is 15.6 Å². The molecule has 0 radical (unpaired) electrons. The maximum Gasteiger partial charge on any atom is 0.239 e. The Morgan fingerprint density at radius 3 is 2.68 bits per heavy atom. The van der Waals surface area contributed by atoms with Crippen LogP contribution in [0.4, 0.5) is 11.5 Å². The maximum absolute atomic E-state index is 10.8. The van der Waals surface area contributed by atoms with E-state index in [0.717, 1.165) is 0 Å². The SMILES string of the molecule is CC(C)COc1nc(NCCS(N)(=O)=O)ccc1N. The lowest BCUT2D eigenvalue weighted by molar-refractivity contribution is 0.263. The molecule has 0 spiro atoms. The lowest BCUT2D eigenvalue weighted by Gasteiger charge is -2.12. The number of nitrogens with two attached hydrogens (primary N) is 2. The fraction of sp³-hybridized carbons (Fsp3) is 0.545. The Kier molecular flexibility index (Phi) is 5.37. The number of rotatable bonds is 7. The molecule has 7 nitrogen and oxygen atoms in total. The van der Waals surface area contributed by atoms with Crippen LogP contribution in [0.5, 0.6) is 5.88 Å². The van der Waals surface area contributed by atoms with Crippen LogP contribution in [0.2, 0.25) is 0 Å². The number of hydrogen-bond donors (Lipinski definition) is 3. The first kappa shape index (κ1) is 15.5. The maximum atomic E-state index is 10.8. The third-order valence-electron chi connectivity index (χ3n) is 2.14. The normalized spacial score (nSPS) is 11.6. The summed E-state index contributed by atoms with van der Waals surface area (Å²) in [5.74, 6) is 1.03. The van der Waals surface area contributed by atoms with Crippen LogP contribution in [0.25, 0.3) is 0 Å². The van der Waals surface area contributed by atoms with Gasteiger partial charge in [0.05, 0.1) is 18.0 Å². The van der Waals surface area contributed by atoms with Gasteiger partial charge in [-0.15, -0.1) is 0 Å². The third-order valence-corrected chi connectivity index (χ3v) is 2.91. The second-order valence-corrected chi connectivity index (χ2v) is 6.32. The number of hydrogen-bond acceptors (Lipinski definition) is 6. The van der Waals surface area contributed by atoms with Gasteiger partial charge in [-0.2, -0.15) is 4.98 Å². The molecule has 0 aliphatic rings. The predicted octanol–water partition coefficient (Wildman–Crippen LogP) is 0.399. The molecule has 19 heavy (non-hydrogen) atoms. The van der Waals surface area contributed by atoms with Crippen molar-refractivity contribution in [3.63, 3.8) is 0 Å². The molecule has 0 atom stereocenters. The highest BCUT2D eigenvalue weighted by Crippen LogP contribution is 2.21. The zero-order valence-electron chi connectivity index (χ0n) is 11.1. The minimum atomic E-state index is -3.48. The van der Waals surface area contributed by atoms with Gasteiger partial charge in [0.25, 0.3) is 0 Å². The molecule has 0 saturated carbocycles. The second kappa shape index (κ2) is 6.58. The van der Waals surface area contributed by atoms with Crippen LogP contribution in [0.1, 0.15) is 13.8 Å². The highest BCUT2D eigenvalue weighted by Gasteiger charge is 2.07. The monoisotopic (exact) mass is 288 g/mol. The first-order chi connectivity index (χ1) is 8.78. The molecule has 0 amide bonds. The molecule has 0 fully saturated rings. The van der Waals surface area contributed by atoms with E-state index in [-0.39, 0.29) is 12.3 Å². The largest absolute Gasteiger partial charge is 0.476 e. The number of primary sulfonamides is 1. The van der Waals surface area contributed by atoms with E-state index >= 15 is 0 Å². The van der Waals surface area contributed by atoms with Gasteiger partial charge in [0.15, 0.2) is 0 Å². The van der Waals surface area contributed by atoms with E-state index in [2.05, 4.69) is 10.3 Å². The minimum absolute atomic E-state index is 0.165. The van der Waals surface area contributed by atoms with Crippen LogP contribution in [0.15, 0.2) is 12.1 Å². The Morgan fingerprint density at radius 2 is 2.11 bits per heavy atom. The van der Waals surface area contributed by atoms with E-state index in [1.54, 1.807) is 12.1 Å². The van der Waals surface area contributed by atoms with Crippen LogP contribution < -0.4 is 20.9 Å². The quantitative estimate of drug-likeness (QED) is 0.668. The molecule has 1 rings (SSSR count). The Hall–Kier alpha value is -1.54. The summed E-state index contributed by atoms with van der Waals surface area (Å²) < 4.78 is 27.1. The molecule has 0 aromatic carbocycles. The topological polar surface area (TPSA) is 120 Å². The van der Waals surface area contributed by atoms with Crippen molar-refractivity contribution in [2.75, 3.05) is 30.0 Å². The zero-order chi connectivity index (χ0) is 14.5. The third kappa shape index (κ3) is 6.25. The van der Waals surface area contributed by atoms with Gasteiger partial charge < -0.3 is 15.8 Å². The second-order valence-electron chi connectivity index (χ2n) is 4.59. The number of aromatic nitrogens is 1. The molecule has 1 aromatic heterocycles. The Morgan fingerprint density at radius 1 is 1.42 bits per heavy atom. The number of nitrogens with zero attached hydrogens (tertiary/aromatic N) is 1. The summed E-state index contributed by atoms with van der Waals surface area (Å²) in [4.78, 5) is 4.17. The smallest absolute Gasteiger partial charge is 0.239 e. The van der Waals surface area contributed by atoms with Gasteiger partial charge in [0.2, 0.25) is 15.9 Å². The van der Waals surface area contributed by atoms with Crippen LogP contribution >= 0.6 is 0 Å². The zero-order valence-corrected chi connectivity index (χ0v) is 11.9. The molecule has 0 unspecified atom stereocenters. The molecule has 0 aliphatic carbocycles.